The Hall–Kier alpha value is -10.5. The maximum absolute atomic E-state index is 14.8. The number of ketones is 9. The van der Waals surface area contributed by atoms with E-state index in [1.807, 2.05) is 20.8 Å². The van der Waals surface area contributed by atoms with Crippen LogP contribution in [0.1, 0.15) is 234 Å². The Bertz CT molecular complexity index is 5860. The van der Waals surface area contributed by atoms with Crippen molar-refractivity contribution in [3.63, 3.8) is 0 Å². The number of phenols is 6. The Morgan fingerprint density at radius 1 is 0.438 bits per heavy atom. The van der Waals surface area contributed by atoms with Crippen molar-refractivity contribution in [1.29, 1.82) is 0 Å². The molecule has 14 N–H and O–H groups in total. The molecule has 21 rings (SSSR count). The summed E-state index contributed by atoms with van der Waals surface area (Å²) in [5.41, 5.74) is 1.40. The van der Waals surface area contributed by atoms with Crippen molar-refractivity contribution < 1.29 is 169 Å². The molecule has 40 nitrogen and oxygen atoms in total. The Kier molecular flexibility index (Phi) is 24.8. The molecule has 137 heavy (non-hydrogen) atoms. The molecule has 1 amide bonds. The molecular formula is C96H105FN6O34. The first-order chi connectivity index (χ1) is 65.1. The third-order valence-corrected chi connectivity index (χ3v) is 29.6. The van der Waals surface area contributed by atoms with Gasteiger partial charge in [0.1, 0.15) is 75.4 Å². The van der Waals surface area contributed by atoms with Gasteiger partial charge in [0.15, 0.2) is 103 Å². The van der Waals surface area contributed by atoms with Crippen LogP contribution in [0.4, 0.5) is 15.8 Å². The van der Waals surface area contributed by atoms with E-state index in [0.717, 1.165) is 6.07 Å². The Labute approximate surface area is 781 Å². The average molecular weight is 1910 g/mol. The molecule has 0 spiro atoms. The number of hydrogen-bond donors (Lipinski definition) is 12. The van der Waals surface area contributed by atoms with Crippen LogP contribution >= 0.6 is 0 Å². The van der Waals surface area contributed by atoms with Crippen molar-refractivity contribution in [3.05, 3.63) is 161 Å². The Morgan fingerprint density at radius 3 is 1.08 bits per heavy atom. The zero-order chi connectivity index (χ0) is 97.6. The van der Waals surface area contributed by atoms with Crippen LogP contribution in [0, 0.1) is 5.82 Å². The minimum atomic E-state index is -2.04. The molecular weight excluding hydrogens is 1800 g/mol. The van der Waals surface area contributed by atoms with Gasteiger partial charge in [-0.1, -0.05) is 36.4 Å². The number of morpholine rings is 3. The highest BCUT2D eigenvalue weighted by atomic mass is 19.1. The summed E-state index contributed by atoms with van der Waals surface area (Å²) in [6, 6.07) is 10.8. The van der Waals surface area contributed by atoms with Crippen LogP contribution in [-0.4, -0.2) is 313 Å². The monoisotopic (exact) mass is 1900 g/mol. The van der Waals surface area contributed by atoms with Gasteiger partial charge in [0.25, 0.3) is 0 Å². The number of anilines is 2. The first-order valence-electron chi connectivity index (χ1n) is 45.4. The zero-order valence-electron chi connectivity index (χ0n) is 76.1. The van der Waals surface area contributed by atoms with Crippen molar-refractivity contribution in [2.24, 2.45) is 5.73 Å². The number of aromatic hydroxyl groups is 6. The van der Waals surface area contributed by atoms with Gasteiger partial charge >= 0.3 is 0 Å². The van der Waals surface area contributed by atoms with Crippen LogP contribution in [0.2, 0.25) is 0 Å². The molecule has 6 aromatic rings. The quantitative estimate of drug-likeness (QED) is 0.0536. The maximum atomic E-state index is 14.8. The maximum Gasteiger partial charge on any atom is 0.241 e. The molecule has 1 unspecified atom stereocenters. The molecule has 25 atom stereocenters. The first kappa shape index (κ1) is 95.4. The molecule has 0 bridgehead atoms. The van der Waals surface area contributed by atoms with Gasteiger partial charge in [-0.05, 0) is 66.7 Å². The Balaban J connectivity index is 0.000000132. The van der Waals surface area contributed by atoms with E-state index >= 15 is 0 Å². The van der Waals surface area contributed by atoms with Gasteiger partial charge in [0.2, 0.25) is 11.7 Å². The van der Waals surface area contributed by atoms with E-state index in [1.54, 1.807) is 7.11 Å². The lowest BCUT2D eigenvalue weighted by molar-refractivity contribution is -0.256. The molecule has 6 aromatic carbocycles. The van der Waals surface area contributed by atoms with Crippen LogP contribution in [0.25, 0.3) is 0 Å². The number of benzene rings is 6. The van der Waals surface area contributed by atoms with Crippen molar-refractivity contribution in [1.82, 2.24) is 14.7 Å². The standard InChI is InChI=1S/C34H39N3O12.C31H32FNO11.C31H34N2O11/c1-13(35)31(43)36-18-7-5-6-16-22(18)28(41)25-24(26(16)39)27(40)17-11-34(44,15(3)38)12-20(23(17)29(25)42)48-21-10-19-30(14(2)47-21)49-32-33(45-4)46-9-8-37(19)32;2*1-12-28-17(33-7-8-41-30(40-3)29(33)44-28)9-19(42-12)43-18-11-31(39,13(2)34)10-15-21(18)27(38)23-22(25(15)36)24(35)14-5-4-6-16(32)20(14)26(23)37/h5-7,13-14,19-21,30,32-33,40,42,44H,8-12,35H2,1-4H3,(H,36,43);4-6,12,17-19,28-30,36,38-39H,7-11H2,1-3H3;4-6,12,17-19,28-30,36,38-39H,7-11,32H2,1-3H3/t13-,14-,19-,20-,21?,30+,32+,33-,34-;2*12-,17-,18-,19-,28+,29+,30-,31-/m000/s1. The van der Waals surface area contributed by atoms with Crippen molar-refractivity contribution in [2.45, 2.75) is 259 Å². The number of hydrogen-bond acceptors (Lipinski definition) is 39. The number of halogens is 1. The third kappa shape index (κ3) is 15.5. The number of nitrogens with one attached hydrogen (secondary N) is 1. The summed E-state index contributed by atoms with van der Waals surface area (Å²) in [7, 11) is 4.62. The van der Waals surface area contributed by atoms with Crippen molar-refractivity contribution >= 4 is 69.3 Å². The van der Waals surface area contributed by atoms with Crippen LogP contribution in [0.5, 0.6) is 34.5 Å². The molecule has 6 aliphatic carbocycles. The van der Waals surface area contributed by atoms with E-state index in [4.69, 9.17) is 82.5 Å². The fourth-order valence-electron chi connectivity index (χ4n) is 22.7. The predicted molar refractivity (Wildman–Crippen MR) is 464 cm³/mol. The van der Waals surface area contributed by atoms with E-state index in [2.05, 4.69) is 20.0 Å². The van der Waals surface area contributed by atoms with E-state index in [-0.39, 0.29) is 128 Å². The number of methoxy groups -OCH3 is 3. The van der Waals surface area contributed by atoms with Gasteiger partial charge in [-0.2, -0.15) is 0 Å². The van der Waals surface area contributed by atoms with Crippen molar-refractivity contribution in [2.75, 3.05) is 71.8 Å². The summed E-state index contributed by atoms with van der Waals surface area (Å²) in [4.78, 5) is 139. The number of aliphatic hydroxyl groups is 3. The second-order valence-corrected chi connectivity index (χ2v) is 37.5. The van der Waals surface area contributed by atoms with Gasteiger partial charge in [0, 0.05) is 173 Å². The van der Waals surface area contributed by atoms with Crippen LogP contribution in [0.3, 0.4) is 0 Å². The number of Topliss-reactive ketones (excluding diaryl/α,β-unsaturated/α-hetero) is 3. The highest BCUT2D eigenvalue weighted by molar-refractivity contribution is 6.34. The summed E-state index contributed by atoms with van der Waals surface area (Å²) < 4.78 is 105. The number of carbonyl (C=O) groups is 10. The zero-order valence-corrected chi connectivity index (χ0v) is 76.1. The predicted octanol–water partition coefficient (Wildman–Crippen LogP) is 4.20. The number of nitrogens with two attached hydrogens (primary N) is 2. The summed E-state index contributed by atoms with van der Waals surface area (Å²) in [6.45, 7) is 13.6. The highest BCUT2D eigenvalue weighted by Gasteiger charge is 2.61. The normalized spacial score (nSPS) is 33.9. The fourth-order valence-corrected chi connectivity index (χ4v) is 22.7. The number of ether oxygens (including phenoxy) is 15. The first-order valence-corrected chi connectivity index (χ1v) is 45.4. The molecule has 0 radical (unpaired) electrons. The second kappa shape index (κ2) is 35.7. The summed E-state index contributed by atoms with van der Waals surface area (Å²) in [5.74, 6) is -12.1. The SMILES string of the molecule is CO[C@H]1OCCN2[C@@H]1O[C@@H]1[C@H](C)OC(O[C@H]3C[C@](O)(C(C)=O)Cc4c(O)c5c(c(O)c43)C(=O)c3c(NC(=O)[C@H](C)N)cccc3C5=O)C[C@@H]12.CO[C@H]1OCCN2[C@@H]1O[C@@H]1[C@H](C)O[C@@H](O[C@H]3C[C@](O)(C(C)=O)Cc4c(O)c5c(c(O)c43)C(=O)c3c(F)cccc3C5=O)C[C@@H]12.CO[C@H]1OCCN2[C@@H]1O[C@@H]1[C@H](C)O[C@@H](O[C@H]3C[C@](O)(C(C)=O)Cc4c(O)c5c(c(O)c43)C(=O)c3c(N)cccc3C5=O)C[C@@H]12. The molecule has 9 aliphatic heterocycles. The lowest BCUT2D eigenvalue weighted by atomic mass is 9.72. The van der Waals surface area contributed by atoms with Crippen LogP contribution in [0.15, 0.2) is 54.6 Å². The lowest BCUT2D eigenvalue weighted by Gasteiger charge is -2.43. The lowest BCUT2D eigenvalue weighted by Crippen LogP contribution is -2.55. The van der Waals surface area contributed by atoms with Crippen LogP contribution < -0.4 is 16.8 Å². The topological polar surface area (TPSA) is 565 Å². The second-order valence-electron chi connectivity index (χ2n) is 37.5. The third-order valence-electron chi connectivity index (χ3n) is 29.6. The smallest absolute Gasteiger partial charge is 0.241 e. The summed E-state index contributed by atoms with van der Waals surface area (Å²) in [6.07, 6.45) is -13.1. The summed E-state index contributed by atoms with van der Waals surface area (Å²) in [5, 5.41) is 107. The molecule has 15 aliphatic rings. The van der Waals surface area contributed by atoms with Gasteiger partial charge in [0.05, 0.1) is 118 Å². The van der Waals surface area contributed by atoms with Gasteiger partial charge in [-0.25, -0.2) is 4.39 Å². The number of carbonyl (C=O) groups excluding carboxylic acids is 10. The molecule has 9 heterocycles. The number of phenolic OH excluding ortho intramolecular Hbond substituents is 6. The van der Waals surface area contributed by atoms with E-state index in [9.17, 15) is 98.3 Å². The van der Waals surface area contributed by atoms with Gasteiger partial charge in [-0.3, -0.25) is 62.6 Å². The number of nitrogen functional groups attached to an aromatic ring is 1. The van der Waals surface area contributed by atoms with Crippen LogP contribution in [-0.2, 0) is 109 Å². The van der Waals surface area contributed by atoms with Crippen molar-refractivity contribution in [3.8, 4) is 34.5 Å². The van der Waals surface area contributed by atoms with Gasteiger partial charge < -0.3 is 134 Å². The molecule has 730 valence electrons. The molecule has 0 aromatic heterocycles. The van der Waals surface area contributed by atoms with E-state index < -0.39 is 272 Å². The molecule has 41 heteroatoms. The average Bonchev–Trinajstić information content (AvgIpc) is 1.21. The minimum absolute atomic E-state index is 0.00854. The van der Waals surface area contributed by atoms with E-state index in [0.29, 0.717) is 58.7 Å². The minimum Gasteiger partial charge on any atom is -0.507 e. The largest absolute Gasteiger partial charge is 0.507 e. The fraction of sp³-hybridized carbons (Fsp3) is 0.521. The Morgan fingerprint density at radius 2 is 0.745 bits per heavy atom. The number of nitrogens with zero attached hydrogens (tertiary/aromatic N) is 3. The highest BCUT2D eigenvalue weighted by Crippen LogP contribution is 2.59. The molecule has 9 saturated heterocycles. The number of fused-ring (bicyclic) bond motifs is 18. The number of amides is 1. The molecule has 9 fully saturated rings. The number of rotatable bonds is 14. The molecule has 0 saturated carbocycles. The van der Waals surface area contributed by atoms with E-state index in [1.165, 1.54) is 90.4 Å². The van der Waals surface area contributed by atoms with Gasteiger partial charge in [-0.15, -0.1) is 0 Å². The summed E-state index contributed by atoms with van der Waals surface area (Å²) >= 11 is 0.